The molecular formula is C25H19BrClNO. The summed E-state index contributed by atoms with van der Waals surface area (Å²) in [6, 6.07) is 21.6. The Kier molecular flexibility index (Phi) is 5.98. The lowest BCUT2D eigenvalue weighted by molar-refractivity contribution is 0.0950. The minimum absolute atomic E-state index is 0.0643. The summed E-state index contributed by atoms with van der Waals surface area (Å²) in [5.41, 5.74) is 6.18. The molecule has 0 aliphatic heterocycles. The van der Waals surface area contributed by atoms with Crippen molar-refractivity contribution < 1.29 is 4.79 Å². The predicted octanol–water partition coefficient (Wildman–Crippen LogP) is 6.69. The molecule has 0 atom stereocenters. The van der Waals surface area contributed by atoms with Gasteiger partial charge in [-0.2, -0.15) is 0 Å². The van der Waals surface area contributed by atoms with E-state index in [1.807, 2.05) is 60.7 Å². The van der Waals surface area contributed by atoms with Crippen LogP contribution in [0.2, 0.25) is 5.02 Å². The van der Waals surface area contributed by atoms with Crippen LogP contribution in [0.4, 0.5) is 0 Å². The van der Waals surface area contributed by atoms with Crippen LogP contribution in [-0.4, -0.2) is 5.91 Å². The van der Waals surface area contributed by atoms with Gasteiger partial charge < -0.3 is 5.32 Å². The molecular weight excluding hydrogens is 446 g/mol. The van der Waals surface area contributed by atoms with E-state index in [0.717, 1.165) is 38.2 Å². The Morgan fingerprint density at radius 3 is 2.55 bits per heavy atom. The predicted molar refractivity (Wildman–Crippen MR) is 124 cm³/mol. The van der Waals surface area contributed by atoms with Gasteiger partial charge >= 0.3 is 0 Å². The highest BCUT2D eigenvalue weighted by Crippen LogP contribution is 2.32. The lowest BCUT2D eigenvalue weighted by Crippen LogP contribution is -2.23. The fourth-order valence-electron chi connectivity index (χ4n) is 3.39. The molecule has 4 heteroatoms. The van der Waals surface area contributed by atoms with Crippen molar-refractivity contribution in [2.75, 3.05) is 0 Å². The maximum Gasteiger partial charge on any atom is 0.252 e. The normalized spacial score (nSPS) is 12.7. The number of rotatable bonds is 5. The Labute approximate surface area is 184 Å². The van der Waals surface area contributed by atoms with E-state index in [0.29, 0.717) is 12.1 Å². The molecule has 0 heterocycles. The third kappa shape index (κ3) is 4.87. The van der Waals surface area contributed by atoms with E-state index >= 15 is 0 Å². The van der Waals surface area contributed by atoms with Crippen LogP contribution < -0.4 is 5.32 Å². The highest BCUT2D eigenvalue weighted by molar-refractivity contribution is 9.10. The van der Waals surface area contributed by atoms with Crippen molar-refractivity contribution in [3.63, 3.8) is 0 Å². The Balaban J connectivity index is 1.53. The van der Waals surface area contributed by atoms with Gasteiger partial charge in [0.25, 0.3) is 5.91 Å². The molecule has 0 radical (unpaired) electrons. The molecule has 0 saturated carbocycles. The number of hydrogen-bond acceptors (Lipinski definition) is 1. The summed E-state index contributed by atoms with van der Waals surface area (Å²) in [5, 5.41) is 3.76. The van der Waals surface area contributed by atoms with Gasteiger partial charge in [-0.15, -0.1) is 0 Å². The molecule has 0 aromatic heterocycles. The standard InChI is InChI=1S/C25H19BrClNO/c26-21-14-20-12-19(7-6-17-8-10-22(27)11-9-17)13-23(20)24(15-21)25(29)28-16-18-4-2-1-3-5-18/h1-11,13-15H,12,16H2,(H,28,29)/b7-6+. The molecule has 1 N–H and O–H groups in total. The van der Waals surface area contributed by atoms with Gasteiger partial charge in [-0.25, -0.2) is 0 Å². The molecule has 0 spiro atoms. The van der Waals surface area contributed by atoms with Crippen LogP contribution in [0.1, 0.15) is 32.6 Å². The summed E-state index contributed by atoms with van der Waals surface area (Å²) in [5.74, 6) is -0.0643. The Morgan fingerprint density at radius 1 is 1.03 bits per heavy atom. The lowest BCUT2D eigenvalue weighted by atomic mass is 10.0. The first-order valence-electron chi connectivity index (χ1n) is 9.37. The van der Waals surface area contributed by atoms with Gasteiger partial charge in [0.2, 0.25) is 0 Å². The van der Waals surface area contributed by atoms with Crippen LogP contribution in [-0.2, 0) is 13.0 Å². The van der Waals surface area contributed by atoms with Gasteiger partial charge in [-0.05, 0) is 58.5 Å². The summed E-state index contributed by atoms with van der Waals surface area (Å²) < 4.78 is 0.914. The zero-order valence-corrected chi connectivity index (χ0v) is 18.0. The van der Waals surface area contributed by atoms with Crippen molar-refractivity contribution in [2.45, 2.75) is 13.0 Å². The first-order valence-corrected chi connectivity index (χ1v) is 10.5. The molecule has 1 amide bonds. The van der Waals surface area contributed by atoms with E-state index in [-0.39, 0.29) is 5.91 Å². The highest BCUT2D eigenvalue weighted by Gasteiger charge is 2.19. The SMILES string of the molecule is O=C(NCc1ccccc1)c1cc(Br)cc2c1C=C(/C=C/c1ccc(Cl)cc1)C2. The van der Waals surface area contributed by atoms with Gasteiger partial charge in [-0.1, -0.05) is 88.2 Å². The molecule has 3 aromatic rings. The molecule has 0 saturated heterocycles. The summed E-state index contributed by atoms with van der Waals surface area (Å²) >= 11 is 9.50. The molecule has 4 rings (SSSR count). The monoisotopic (exact) mass is 463 g/mol. The fraction of sp³-hybridized carbons (Fsp3) is 0.0800. The van der Waals surface area contributed by atoms with E-state index in [2.05, 4.69) is 45.5 Å². The smallest absolute Gasteiger partial charge is 0.252 e. The molecule has 0 fully saturated rings. The molecule has 29 heavy (non-hydrogen) atoms. The van der Waals surface area contributed by atoms with Crippen molar-refractivity contribution >= 4 is 45.6 Å². The van der Waals surface area contributed by atoms with Crippen molar-refractivity contribution in [3.05, 3.63) is 116 Å². The number of hydrogen-bond donors (Lipinski definition) is 1. The maximum atomic E-state index is 12.9. The number of carbonyl (C=O) groups is 1. The zero-order valence-electron chi connectivity index (χ0n) is 15.7. The number of allylic oxidation sites excluding steroid dienone is 2. The minimum Gasteiger partial charge on any atom is -0.348 e. The number of benzene rings is 3. The average Bonchev–Trinajstić information content (AvgIpc) is 3.14. The first-order chi connectivity index (χ1) is 14.1. The second-order valence-corrected chi connectivity index (χ2v) is 8.33. The van der Waals surface area contributed by atoms with Crippen molar-refractivity contribution in [3.8, 4) is 0 Å². The minimum atomic E-state index is -0.0643. The van der Waals surface area contributed by atoms with Crippen LogP contribution in [0.3, 0.4) is 0 Å². The van der Waals surface area contributed by atoms with E-state index in [1.54, 1.807) is 0 Å². The van der Waals surface area contributed by atoms with Gasteiger partial charge in [-0.3, -0.25) is 4.79 Å². The van der Waals surface area contributed by atoms with Gasteiger partial charge in [0.05, 0.1) is 0 Å². The van der Waals surface area contributed by atoms with Crippen LogP contribution >= 0.6 is 27.5 Å². The van der Waals surface area contributed by atoms with Crippen LogP contribution in [0, 0.1) is 0 Å². The molecule has 2 nitrogen and oxygen atoms in total. The number of nitrogens with one attached hydrogen (secondary N) is 1. The topological polar surface area (TPSA) is 29.1 Å². The highest BCUT2D eigenvalue weighted by atomic mass is 79.9. The van der Waals surface area contributed by atoms with E-state index < -0.39 is 0 Å². The van der Waals surface area contributed by atoms with Crippen molar-refractivity contribution in [2.24, 2.45) is 0 Å². The van der Waals surface area contributed by atoms with E-state index in [4.69, 9.17) is 11.6 Å². The summed E-state index contributed by atoms with van der Waals surface area (Å²) in [6.45, 7) is 0.508. The Bertz CT molecular complexity index is 1100. The molecule has 144 valence electrons. The molecule has 0 bridgehead atoms. The van der Waals surface area contributed by atoms with Crippen molar-refractivity contribution in [1.29, 1.82) is 0 Å². The van der Waals surface area contributed by atoms with Crippen LogP contribution in [0.25, 0.3) is 12.2 Å². The lowest BCUT2D eigenvalue weighted by Gasteiger charge is -2.10. The third-order valence-corrected chi connectivity index (χ3v) is 5.56. The number of amides is 1. The Hall–Kier alpha value is -2.62. The largest absolute Gasteiger partial charge is 0.348 e. The number of carbonyl (C=O) groups excluding carboxylic acids is 1. The molecule has 0 unspecified atom stereocenters. The van der Waals surface area contributed by atoms with E-state index in [9.17, 15) is 4.79 Å². The Morgan fingerprint density at radius 2 is 1.79 bits per heavy atom. The third-order valence-electron chi connectivity index (χ3n) is 4.86. The van der Waals surface area contributed by atoms with Gasteiger partial charge in [0, 0.05) is 21.6 Å². The number of halogens is 2. The number of fused-ring (bicyclic) bond motifs is 1. The second kappa shape index (κ2) is 8.81. The van der Waals surface area contributed by atoms with Crippen molar-refractivity contribution in [1.82, 2.24) is 5.32 Å². The summed E-state index contributed by atoms with van der Waals surface area (Å²) in [7, 11) is 0. The van der Waals surface area contributed by atoms with Crippen LogP contribution in [0.5, 0.6) is 0 Å². The van der Waals surface area contributed by atoms with Gasteiger partial charge in [0.1, 0.15) is 0 Å². The second-order valence-electron chi connectivity index (χ2n) is 6.98. The summed E-state index contributed by atoms with van der Waals surface area (Å²) in [4.78, 5) is 12.9. The van der Waals surface area contributed by atoms with E-state index in [1.165, 1.54) is 5.57 Å². The first kappa shape index (κ1) is 19.7. The summed E-state index contributed by atoms with van der Waals surface area (Å²) in [6.07, 6.45) is 7.07. The average molecular weight is 465 g/mol. The van der Waals surface area contributed by atoms with Crippen LogP contribution in [0.15, 0.2) is 82.9 Å². The fourth-order valence-corrected chi connectivity index (χ4v) is 4.02. The quantitative estimate of drug-likeness (QED) is 0.448. The molecule has 1 aliphatic rings. The van der Waals surface area contributed by atoms with Gasteiger partial charge in [0.15, 0.2) is 0 Å². The zero-order chi connectivity index (χ0) is 20.2. The molecule has 3 aromatic carbocycles. The molecule has 1 aliphatic carbocycles. The maximum absolute atomic E-state index is 12.9.